The molecule has 0 spiro atoms. The van der Waals surface area contributed by atoms with E-state index in [2.05, 4.69) is 52.6 Å². The molecule has 2 aromatic carbocycles. The van der Waals surface area contributed by atoms with Crippen molar-refractivity contribution < 1.29 is 5.11 Å². The molecule has 0 aliphatic heterocycles. The van der Waals surface area contributed by atoms with Crippen LogP contribution in [0.1, 0.15) is 25.0 Å². The number of anilines is 1. The second kappa shape index (κ2) is 7.81. The van der Waals surface area contributed by atoms with E-state index in [1.165, 1.54) is 11.8 Å². The van der Waals surface area contributed by atoms with Crippen LogP contribution in [0.15, 0.2) is 51.7 Å². The molecule has 0 amide bonds. The molecular weight excluding hydrogens is 342 g/mol. The van der Waals surface area contributed by atoms with Gasteiger partial charge in [0.1, 0.15) is 5.56 Å². The molecule has 3 aromatic rings. The van der Waals surface area contributed by atoms with Crippen molar-refractivity contribution in [1.82, 2.24) is 9.97 Å². The van der Waals surface area contributed by atoms with Crippen LogP contribution >= 0.6 is 0 Å². The predicted octanol–water partition coefficient (Wildman–Crippen LogP) is 3.09. The topological polar surface area (TPSA) is 89.2 Å². The van der Waals surface area contributed by atoms with E-state index in [-0.39, 0.29) is 5.56 Å². The van der Waals surface area contributed by atoms with Gasteiger partial charge >= 0.3 is 5.69 Å². The minimum atomic E-state index is -0.753. The van der Waals surface area contributed by atoms with Crippen molar-refractivity contribution in [3.63, 3.8) is 0 Å². The van der Waals surface area contributed by atoms with Crippen LogP contribution in [0.25, 0.3) is 22.9 Å². The van der Waals surface area contributed by atoms with Crippen LogP contribution < -0.4 is 16.1 Å². The SMILES string of the molecule is CCN(CC)c1ccc2cc(C=C=Cc3c(O)[nH]c(=O)[nH]c3=O)ccc2c1. The summed E-state index contributed by atoms with van der Waals surface area (Å²) in [7, 11) is 0. The van der Waals surface area contributed by atoms with E-state index >= 15 is 0 Å². The van der Waals surface area contributed by atoms with E-state index in [4.69, 9.17) is 0 Å². The molecule has 0 unspecified atom stereocenters. The molecule has 3 rings (SSSR count). The summed E-state index contributed by atoms with van der Waals surface area (Å²) in [6.45, 7) is 6.20. The minimum absolute atomic E-state index is 0.0458. The number of hydrogen-bond donors (Lipinski definition) is 3. The van der Waals surface area contributed by atoms with Gasteiger partial charge in [-0.15, -0.1) is 5.73 Å². The number of rotatable bonds is 5. The summed E-state index contributed by atoms with van der Waals surface area (Å²) in [6.07, 6.45) is 3.04. The summed E-state index contributed by atoms with van der Waals surface area (Å²) < 4.78 is 0. The second-order valence-electron chi connectivity index (χ2n) is 6.09. The van der Waals surface area contributed by atoms with E-state index in [1.54, 1.807) is 6.08 Å². The Morgan fingerprint density at radius 2 is 1.70 bits per heavy atom. The Labute approximate surface area is 156 Å². The quantitative estimate of drug-likeness (QED) is 0.608. The molecule has 6 nitrogen and oxygen atoms in total. The lowest BCUT2D eigenvalue weighted by molar-refractivity contribution is 0.447. The van der Waals surface area contributed by atoms with E-state index in [1.807, 2.05) is 18.2 Å². The third-order valence-corrected chi connectivity index (χ3v) is 4.41. The zero-order valence-electron chi connectivity index (χ0n) is 15.2. The zero-order chi connectivity index (χ0) is 19.4. The number of fused-ring (bicyclic) bond motifs is 1. The molecule has 0 saturated heterocycles. The first-order valence-electron chi connectivity index (χ1n) is 8.78. The van der Waals surface area contributed by atoms with Gasteiger partial charge in [-0.1, -0.05) is 18.2 Å². The lowest BCUT2D eigenvalue weighted by Gasteiger charge is -2.21. The molecule has 27 heavy (non-hydrogen) atoms. The fourth-order valence-electron chi connectivity index (χ4n) is 2.97. The minimum Gasteiger partial charge on any atom is -0.494 e. The van der Waals surface area contributed by atoms with Crippen LogP contribution in [-0.2, 0) is 0 Å². The molecule has 0 saturated carbocycles. The van der Waals surface area contributed by atoms with E-state index < -0.39 is 17.1 Å². The number of aromatic amines is 2. The largest absolute Gasteiger partial charge is 0.494 e. The summed E-state index contributed by atoms with van der Waals surface area (Å²) in [5, 5.41) is 11.9. The molecule has 0 aliphatic carbocycles. The number of H-pyrrole nitrogens is 2. The van der Waals surface area contributed by atoms with Crippen LogP contribution in [0, 0.1) is 0 Å². The maximum atomic E-state index is 11.7. The Morgan fingerprint density at radius 3 is 2.41 bits per heavy atom. The van der Waals surface area contributed by atoms with Crippen molar-refractivity contribution in [2.24, 2.45) is 0 Å². The fourth-order valence-corrected chi connectivity index (χ4v) is 2.97. The summed E-state index contributed by atoms with van der Waals surface area (Å²) >= 11 is 0. The maximum absolute atomic E-state index is 11.7. The number of nitrogens with zero attached hydrogens (tertiary/aromatic N) is 1. The van der Waals surface area contributed by atoms with Gasteiger partial charge in [0.2, 0.25) is 5.88 Å². The van der Waals surface area contributed by atoms with Gasteiger partial charge in [-0.2, -0.15) is 0 Å². The van der Waals surface area contributed by atoms with E-state index in [9.17, 15) is 14.7 Å². The summed E-state index contributed by atoms with van der Waals surface area (Å²) in [4.78, 5) is 29.2. The third-order valence-electron chi connectivity index (χ3n) is 4.41. The Balaban J connectivity index is 1.92. The Kier molecular flexibility index (Phi) is 5.29. The monoisotopic (exact) mass is 363 g/mol. The average molecular weight is 363 g/mol. The third kappa shape index (κ3) is 4.02. The van der Waals surface area contributed by atoms with Gasteiger partial charge in [-0.3, -0.25) is 14.8 Å². The molecule has 1 aromatic heterocycles. The predicted molar refractivity (Wildman–Crippen MR) is 109 cm³/mol. The lowest BCUT2D eigenvalue weighted by atomic mass is 10.1. The summed E-state index contributed by atoms with van der Waals surface area (Å²) in [6, 6.07) is 12.4. The number of aromatic nitrogens is 2. The normalized spacial score (nSPS) is 10.4. The molecule has 6 heteroatoms. The van der Waals surface area contributed by atoms with Gasteiger partial charge in [0.15, 0.2) is 0 Å². The Bertz CT molecular complexity index is 1150. The highest BCUT2D eigenvalue weighted by molar-refractivity contribution is 5.87. The van der Waals surface area contributed by atoms with Gasteiger partial charge in [-0.25, -0.2) is 4.79 Å². The first-order valence-corrected chi connectivity index (χ1v) is 8.78. The number of hydrogen-bond acceptors (Lipinski definition) is 4. The molecule has 3 N–H and O–H groups in total. The molecule has 138 valence electrons. The van der Waals surface area contributed by atoms with Crippen molar-refractivity contribution in [3.05, 3.63) is 74.1 Å². The van der Waals surface area contributed by atoms with Crippen molar-refractivity contribution in [2.75, 3.05) is 18.0 Å². The van der Waals surface area contributed by atoms with Gasteiger partial charge in [0.05, 0.1) is 0 Å². The van der Waals surface area contributed by atoms with Gasteiger partial charge < -0.3 is 10.0 Å². The van der Waals surface area contributed by atoms with E-state index in [0.29, 0.717) is 0 Å². The number of benzene rings is 2. The highest BCUT2D eigenvalue weighted by Crippen LogP contribution is 2.23. The van der Waals surface area contributed by atoms with E-state index in [0.717, 1.165) is 29.4 Å². The fraction of sp³-hybridized carbons (Fsp3) is 0.190. The van der Waals surface area contributed by atoms with Crippen LogP contribution in [0.4, 0.5) is 5.69 Å². The smallest absolute Gasteiger partial charge is 0.328 e. The van der Waals surface area contributed by atoms with Crippen LogP contribution in [0.2, 0.25) is 0 Å². The van der Waals surface area contributed by atoms with Crippen LogP contribution in [0.3, 0.4) is 0 Å². The van der Waals surface area contributed by atoms with Gasteiger partial charge in [-0.05, 0) is 60.5 Å². The Morgan fingerprint density at radius 1 is 1.00 bits per heavy atom. The molecule has 0 bridgehead atoms. The molecule has 0 atom stereocenters. The lowest BCUT2D eigenvalue weighted by Crippen LogP contribution is -2.23. The van der Waals surface area contributed by atoms with Gasteiger partial charge in [0, 0.05) is 18.8 Å². The zero-order valence-corrected chi connectivity index (χ0v) is 15.2. The van der Waals surface area contributed by atoms with Crippen LogP contribution in [-0.4, -0.2) is 28.2 Å². The molecular formula is C21H21N3O3. The van der Waals surface area contributed by atoms with Crippen LogP contribution in [0.5, 0.6) is 5.88 Å². The van der Waals surface area contributed by atoms with Crippen molar-refractivity contribution in [1.29, 1.82) is 0 Å². The molecule has 0 fully saturated rings. The maximum Gasteiger partial charge on any atom is 0.328 e. The second-order valence-corrected chi connectivity index (χ2v) is 6.09. The first-order chi connectivity index (χ1) is 13.0. The van der Waals surface area contributed by atoms with Crippen molar-refractivity contribution in [2.45, 2.75) is 13.8 Å². The standard InChI is InChI=1S/C21H21N3O3/c1-3-24(4-2)17-11-10-15-12-14(8-9-16(15)13-17)6-5-7-18-19(25)22-21(27)23-20(18)26/h6-13H,3-4H2,1-2H3,(H3,22,23,25,26,27). The summed E-state index contributed by atoms with van der Waals surface area (Å²) in [5.74, 6) is -0.480. The molecule has 0 radical (unpaired) electrons. The first kappa shape index (κ1) is 18.3. The summed E-state index contributed by atoms with van der Waals surface area (Å²) in [5.41, 5.74) is 3.52. The van der Waals surface area contributed by atoms with Crippen molar-refractivity contribution >= 4 is 28.6 Å². The molecule has 1 heterocycles. The average Bonchev–Trinajstić information content (AvgIpc) is 2.64. The van der Waals surface area contributed by atoms with Gasteiger partial charge in [0.25, 0.3) is 5.56 Å². The number of aromatic hydroxyl groups is 1. The Hall–Kier alpha value is -3.50. The highest BCUT2D eigenvalue weighted by atomic mass is 16.3. The van der Waals surface area contributed by atoms with Crippen molar-refractivity contribution in [3.8, 4) is 5.88 Å². The highest BCUT2D eigenvalue weighted by Gasteiger charge is 2.04. The molecule has 0 aliphatic rings. The number of nitrogens with one attached hydrogen (secondary N) is 2.